The topological polar surface area (TPSA) is 76.5 Å². The number of benzene rings is 1. The summed E-state index contributed by atoms with van der Waals surface area (Å²) < 4.78 is 5.19. The predicted octanol–water partition coefficient (Wildman–Crippen LogP) is 2.85. The first-order valence-corrected chi connectivity index (χ1v) is 5.94. The first-order chi connectivity index (χ1) is 8.18. The molecule has 17 heavy (non-hydrogen) atoms. The molecule has 0 amide bonds. The van der Waals surface area contributed by atoms with Crippen molar-refractivity contribution in [3.8, 4) is 0 Å². The summed E-state index contributed by atoms with van der Waals surface area (Å²) in [6.45, 7) is 0. The number of nitrogen functional groups attached to an aromatic ring is 1. The Morgan fingerprint density at radius 2 is 2.18 bits per heavy atom. The second kappa shape index (κ2) is 4.97. The molecule has 0 aliphatic heterocycles. The summed E-state index contributed by atoms with van der Waals surface area (Å²) >= 11 is 1.45. The Morgan fingerprint density at radius 1 is 1.35 bits per heavy atom. The van der Waals surface area contributed by atoms with Gasteiger partial charge in [-0.15, -0.1) is 11.8 Å². The fourth-order valence-corrected chi connectivity index (χ4v) is 2.30. The molecule has 2 rings (SSSR count). The van der Waals surface area contributed by atoms with E-state index in [1.807, 2.05) is 12.1 Å². The van der Waals surface area contributed by atoms with Crippen molar-refractivity contribution in [1.29, 1.82) is 0 Å². The Bertz CT molecular complexity index is 523. The van der Waals surface area contributed by atoms with Crippen LogP contribution in [0.2, 0.25) is 0 Å². The maximum Gasteiger partial charge on any atom is 0.337 e. The summed E-state index contributed by atoms with van der Waals surface area (Å²) in [4.78, 5) is 11.7. The van der Waals surface area contributed by atoms with E-state index in [9.17, 15) is 4.79 Å². The van der Waals surface area contributed by atoms with Crippen LogP contribution in [0, 0.1) is 0 Å². The molecule has 0 aliphatic carbocycles. The van der Waals surface area contributed by atoms with Crippen LogP contribution in [0.3, 0.4) is 0 Å². The molecule has 3 N–H and O–H groups in total. The van der Waals surface area contributed by atoms with Crippen molar-refractivity contribution < 1.29 is 14.3 Å². The number of carboxylic acid groups (broad SMARTS) is 1. The lowest BCUT2D eigenvalue weighted by molar-refractivity contribution is 0.0698. The molecule has 1 aromatic heterocycles. The van der Waals surface area contributed by atoms with Crippen molar-refractivity contribution >= 4 is 23.4 Å². The van der Waals surface area contributed by atoms with Crippen LogP contribution in [-0.4, -0.2) is 11.1 Å². The van der Waals surface area contributed by atoms with E-state index in [1.54, 1.807) is 18.4 Å². The number of furan rings is 1. The smallest absolute Gasteiger partial charge is 0.337 e. The van der Waals surface area contributed by atoms with Gasteiger partial charge in [0.15, 0.2) is 0 Å². The van der Waals surface area contributed by atoms with Crippen LogP contribution in [0.5, 0.6) is 0 Å². The summed E-state index contributed by atoms with van der Waals surface area (Å²) in [6, 6.07) is 8.66. The van der Waals surface area contributed by atoms with E-state index in [-0.39, 0.29) is 5.56 Å². The Labute approximate surface area is 102 Å². The summed E-state index contributed by atoms with van der Waals surface area (Å²) in [7, 11) is 0. The van der Waals surface area contributed by atoms with Crippen LogP contribution < -0.4 is 5.73 Å². The average Bonchev–Trinajstić information content (AvgIpc) is 2.80. The molecule has 0 spiro atoms. The molecule has 0 atom stereocenters. The minimum atomic E-state index is -1.01. The van der Waals surface area contributed by atoms with E-state index in [0.717, 1.165) is 10.7 Å². The van der Waals surface area contributed by atoms with Gasteiger partial charge in [0.1, 0.15) is 5.76 Å². The normalized spacial score (nSPS) is 10.4. The number of carboxylic acids is 1. The highest BCUT2D eigenvalue weighted by molar-refractivity contribution is 7.98. The maximum atomic E-state index is 10.9. The van der Waals surface area contributed by atoms with Gasteiger partial charge in [-0.05, 0) is 24.3 Å². The third-order valence-electron chi connectivity index (χ3n) is 2.25. The number of para-hydroxylation sites is 1. The number of rotatable bonds is 4. The Balaban J connectivity index is 2.16. The fraction of sp³-hybridized carbons (Fsp3) is 0.0833. The molecule has 2 aromatic rings. The minimum absolute atomic E-state index is 0.134. The standard InChI is InChI=1S/C12H11NO3S/c13-11-9(12(14)15)4-1-5-10(11)17-7-8-3-2-6-16-8/h1-6H,7,13H2,(H,14,15). The molecule has 4 nitrogen and oxygen atoms in total. The molecule has 0 aliphatic rings. The highest BCUT2D eigenvalue weighted by Crippen LogP contribution is 2.30. The number of hydrogen-bond acceptors (Lipinski definition) is 4. The first kappa shape index (κ1) is 11.6. The Morgan fingerprint density at radius 3 is 2.82 bits per heavy atom. The zero-order valence-corrected chi connectivity index (χ0v) is 9.74. The van der Waals surface area contributed by atoms with Crippen molar-refractivity contribution in [1.82, 2.24) is 0 Å². The zero-order chi connectivity index (χ0) is 12.3. The highest BCUT2D eigenvalue weighted by Gasteiger charge is 2.11. The largest absolute Gasteiger partial charge is 0.478 e. The summed E-state index contributed by atoms with van der Waals surface area (Å²) in [5.41, 5.74) is 6.23. The first-order valence-electron chi connectivity index (χ1n) is 4.95. The van der Waals surface area contributed by atoms with Crippen molar-refractivity contribution in [2.24, 2.45) is 0 Å². The number of nitrogens with two attached hydrogens (primary N) is 1. The zero-order valence-electron chi connectivity index (χ0n) is 8.92. The van der Waals surface area contributed by atoms with Gasteiger partial charge in [0.2, 0.25) is 0 Å². The molecule has 0 radical (unpaired) electrons. The van der Waals surface area contributed by atoms with Crippen molar-refractivity contribution in [2.45, 2.75) is 10.6 Å². The van der Waals surface area contributed by atoms with Crippen molar-refractivity contribution in [3.63, 3.8) is 0 Å². The van der Waals surface area contributed by atoms with Gasteiger partial charge in [0.25, 0.3) is 0 Å². The quantitative estimate of drug-likeness (QED) is 0.643. The van der Waals surface area contributed by atoms with Gasteiger partial charge in [-0.1, -0.05) is 6.07 Å². The lowest BCUT2D eigenvalue weighted by Crippen LogP contribution is -2.03. The molecule has 5 heteroatoms. The molecule has 1 aromatic carbocycles. The van der Waals surface area contributed by atoms with E-state index < -0.39 is 5.97 Å². The lowest BCUT2D eigenvalue weighted by atomic mass is 10.2. The summed E-state index contributed by atoms with van der Waals surface area (Å²) in [5, 5.41) is 8.93. The van der Waals surface area contributed by atoms with Crippen LogP contribution in [0.25, 0.3) is 0 Å². The molecule has 0 saturated heterocycles. The van der Waals surface area contributed by atoms with Gasteiger partial charge in [-0.3, -0.25) is 0 Å². The fourth-order valence-electron chi connectivity index (χ4n) is 1.40. The lowest BCUT2D eigenvalue weighted by Gasteiger charge is -2.06. The Kier molecular flexibility index (Phi) is 3.39. The molecule has 1 heterocycles. The minimum Gasteiger partial charge on any atom is -0.478 e. The third kappa shape index (κ3) is 2.62. The molecule has 0 unspecified atom stereocenters. The molecule has 0 bridgehead atoms. The molecular formula is C12H11NO3S. The van der Waals surface area contributed by atoms with Gasteiger partial charge < -0.3 is 15.3 Å². The molecule has 0 saturated carbocycles. The number of anilines is 1. The second-order valence-electron chi connectivity index (χ2n) is 3.39. The van der Waals surface area contributed by atoms with Crippen LogP contribution in [0.4, 0.5) is 5.69 Å². The number of aromatic carboxylic acids is 1. The monoisotopic (exact) mass is 249 g/mol. The van der Waals surface area contributed by atoms with E-state index in [4.69, 9.17) is 15.3 Å². The average molecular weight is 249 g/mol. The van der Waals surface area contributed by atoms with Gasteiger partial charge in [-0.25, -0.2) is 4.79 Å². The summed E-state index contributed by atoms with van der Waals surface area (Å²) in [5.74, 6) is 0.443. The van der Waals surface area contributed by atoms with Gasteiger partial charge >= 0.3 is 5.97 Å². The van der Waals surface area contributed by atoms with E-state index in [2.05, 4.69) is 0 Å². The van der Waals surface area contributed by atoms with Crippen LogP contribution in [0.1, 0.15) is 16.1 Å². The van der Waals surface area contributed by atoms with E-state index in [0.29, 0.717) is 11.4 Å². The SMILES string of the molecule is Nc1c(SCc2ccco2)cccc1C(=O)O. The summed E-state index contributed by atoms with van der Waals surface area (Å²) in [6.07, 6.45) is 1.60. The second-order valence-corrected chi connectivity index (χ2v) is 4.41. The van der Waals surface area contributed by atoms with Gasteiger partial charge in [0, 0.05) is 4.90 Å². The van der Waals surface area contributed by atoms with Gasteiger partial charge in [-0.2, -0.15) is 0 Å². The van der Waals surface area contributed by atoms with Crippen LogP contribution in [0.15, 0.2) is 45.9 Å². The predicted molar refractivity (Wildman–Crippen MR) is 66.1 cm³/mol. The van der Waals surface area contributed by atoms with E-state index in [1.165, 1.54) is 17.8 Å². The number of hydrogen-bond donors (Lipinski definition) is 2. The molecule has 0 fully saturated rings. The van der Waals surface area contributed by atoms with Crippen LogP contribution >= 0.6 is 11.8 Å². The Hall–Kier alpha value is -1.88. The number of thioether (sulfide) groups is 1. The van der Waals surface area contributed by atoms with E-state index >= 15 is 0 Å². The third-order valence-corrected chi connectivity index (χ3v) is 3.34. The number of carbonyl (C=O) groups is 1. The highest BCUT2D eigenvalue weighted by atomic mass is 32.2. The van der Waals surface area contributed by atoms with Crippen molar-refractivity contribution in [2.75, 3.05) is 5.73 Å². The van der Waals surface area contributed by atoms with Crippen LogP contribution in [-0.2, 0) is 5.75 Å². The molecular weight excluding hydrogens is 238 g/mol. The molecule has 88 valence electrons. The maximum absolute atomic E-state index is 10.9. The van der Waals surface area contributed by atoms with Gasteiger partial charge in [0.05, 0.1) is 23.3 Å². The van der Waals surface area contributed by atoms with Crippen molar-refractivity contribution in [3.05, 3.63) is 47.9 Å².